The number of carbonyl (C=O) groups is 2. The maximum absolute atomic E-state index is 12.1. The summed E-state index contributed by atoms with van der Waals surface area (Å²) in [6.07, 6.45) is -5.06. The maximum atomic E-state index is 12.1. The lowest BCUT2D eigenvalue weighted by molar-refractivity contribution is -0.167. The van der Waals surface area contributed by atoms with E-state index in [1.54, 1.807) is 5.32 Å². The Labute approximate surface area is 115 Å². The number of ether oxygens (including phenoxy) is 1. The van der Waals surface area contributed by atoms with E-state index in [1.165, 1.54) is 7.11 Å². The molecule has 0 aliphatic heterocycles. The second-order valence-corrected chi connectivity index (χ2v) is 4.01. The van der Waals surface area contributed by atoms with Crippen molar-refractivity contribution in [3.8, 4) is 5.75 Å². The van der Waals surface area contributed by atoms with Crippen molar-refractivity contribution in [1.29, 1.82) is 0 Å². The molecule has 1 aromatic carbocycles. The minimum atomic E-state index is -5.06. The number of nitrogens with one attached hydrogen (secondary N) is 1. The van der Waals surface area contributed by atoms with E-state index in [1.807, 2.05) is 0 Å². The van der Waals surface area contributed by atoms with E-state index in [2.05, 4.69) is 0 Å². The SMILES string of the molecule is COc1cc(NC(=O)C(F)(F)F)c(Cl)cc1C(=O)Cl. The van der Waals surface area contributed by atoms with Crippen molar-refractivity contribution in [3.63, 3.8) is 0 Å². The molecule has 1 rings (SSSR count). The monoisotopic (exact) mass is 315 g/mol. The van der Waals surface area contributed by atoms with Gasteiger partial charge in [0.05, 0.1) is 23.4 Å². The van der Waals surface area contributed by atoms with Crippen LogP contribution in [0.5, 0.6) is 5.75 Å². The molecule has 19 heavy (non-hydrogen) atoms. The predicted molar refractivity (Wildman–Crippen MR) is 62.9 cm³/mol. The summed E-state index contributed by atoms with van der Waals surface area (Å²) < 4.78 is 41.1. The molecule has 0 aliphatic carbocycles. The number of halogens is 5. The Morgan fingerprint density at radius 3 is 2.32 bits per heavy atom. The van der Waals surface area contributed by atoms with E-state index < -0.39 is 17.3 Å². The summed E-state index contributed by atoms with van der Waals surface area (Å²) in [5, 5.41) is 0.389. The summed E-state index contributed by atoms with van der Waals surface area (Å²) in [7, 11) is 1.18. The number of benzene rings is 1. The van der Waals surface area contributed by atoms with Gasteiger partial charge < -0.3 is 10.1 Å². The first-order chi connectivity index (χ1) is 8.66. The van der Waals surface area contributed by atoms with Gasteiger partial charge in [0, 0.05) is 6.07 Å². The fourth-order valence-corrected chi connectivity index (χ4v) is 1.52. The average molecular weight is 316 g/mol. The molecule has 0 saturated carbocycles. The number of anilines is 1. The van der Waals surface area contributed by atoms with Crippen LogP contribution < -0.4 is 10.1 Å². The summed E-state index contributed by atoms with van der Waals surface area (Å²) in [4.78, 5) is 21.8. The second-order valence-electron chi connectivity index (χ2n) is 3.26. The Hall–Kier alpha value is -1.47. The van der Waals surface area contributed by atoms with Gasteiger partial charge in [-0.3, -0.25) is 9.59 Å². The van der Waals surface area contributed by atoms with Gasteiger partial charge in [0.2, 0.25) is 0 Å². The van der Waals surface area contributed by atoms with Crippen molar-refractivity contribution < 1.29 is 27.5 Å². The molecular formula is C10H6Cl2F3NO3. The first-order valence-corrected chi connectivity index (χ1v) is 5.38. The number of hydrogen-bond donors (Lipinski definition) is 1. The predicted octanol–water partition coefficient (Wildman–Crippen LogP) is 3.23. The quantitative estimate of drug-likeness (QED) is 0.871. The van der Waals surface area contributed by atoms with Crippen LogP contribution in [-0.4, -0.2) is 24.4 Å². The molecule has 9 heteroatoms. The van der Waals surface area contributed by atoms with Crippen LogP contribution in [-0.2, 0) is 4.79 Å². The van der Waals surface area contributed by atoms with Crippen molar-refractivity contribution in [2.75, 3.05) is 12.4 Å². The van der Waals surface area contributed by atoms with E-state index in [-0.39, 0.29) is 22.0 Å². The zero-order chi connectivity index (χ0) is 14.8. The molecule has 0 unspecified atom stereocenters. The summed E-state index contributed by atoms with van der Waals surface area (Å²) in [6.45, 7) is 0. The number of rotatable bonds is 3. The van der Waals surface area contributed by atoms with Crippen LogP contribution >= 0.6 is 23.2 Å². The lowest BCUT2D eigenvalue weighted by Crippen LogP contribution is -2.30. The standard InChI is InChI=1S/C10H6Cl2F3NO3/c1-19-7-3-6(16-9(18)10(13,14)15)5(11)2-4(7)8(12)17/h2-3H,1H3,(H,16,18). The molecule has 1 aromatic rings. The van der Waals surface area contributed by atoms with Crippen LogP contribution in [0, 0.1) is 0 Å². The molecule has 0 fully saturated rings. The van der Waals surface area contributed by atoms with Crippen LogP contribution in [0.2, 0.25) is 5.02 Å². The highest BCUT2D eigenvalue weighted by atomic mass is 35.5. The summed E-state index contributed by atoms with van der Waals surface area (Å²) in [5.74, 6) is -2.30. The van der Waals surface area contributed by atoms with Crippen molar-refractivity contribution in [2.45, 2.75) is 6.18 Å². The Balaban J connectivity index is 3.17. The highest BCUT2D eigenvalue weighted by Crippen LogP contribution is 2.32. The van der Waals surface area contributed by atoms with Crippen LogP contribution in [0.15, 0.2) is 12.1 Å². The number of carbonyl (C=O) groups excluding carboxylic acids is 2. The fourth-order valence-electron chi connectivity index (χ4n) is 1.16. The van der Waals surface area contributed by atoms with E-state index in [0.717, 1.165) is 12.1 Å². The molecule has 104 valence electrons. The summed E-state index contributed by atoms with van der Waals surface area (Å²) in [6, 6.07) is 1.98. The van der Waals surface area contributed by atoms with E-state index >= 15 is 0 Å². The molecule has 1 amide bonds. The lowest BCUT2D eigenvalue weighted by Gasteiger charge is -2.12. The Morgan fingerprint density at radius 2 is 1.89 bits per heavy atom. The van der Waals surface area contributed by atoms with Crippen LogP contribution in [0.25, 0.3) is 0 Å². The third-order valence-electron chi connectivity index (χ3n) is 2.01. The Kier molecular flexibility index (Phi) is 4.65. The number of alkyl halides is 3. The van der Waals surface area contributed by atoms with Crippen molar-refractivity contribution in [1.82, 2.24) is 0 Å². The molecule has 0 spiro atoms. The Bertz CT molecular complexity index is 531. The van der Waals surface area contributed by atoms with Gasteiger partial charge in [-0.05, 0) is 17.7 Å². The van der Waals surface area contributed by atoms with E-state index in [9.17, 15) is 22.8 Å². The normalized spacial score (nSPS) is 11.1. The smallest absolute Gasteiger partial charge is 0.471 e. The van der Waals surface area contributed by atoms with Gasteiger partial charge in [-0.2, -0.15) is 13.2 Å². The van der Waals surface area contributed by atoms with Crippen molar-refractivity contribution >= 4 is 40.0 Å². The van der Waals surface area contributed by atoms with Crippen LogP contribution in [0.3, 0.4) is 0 Å². The molecule has 0 saturated heterocycles. The third-order valence-corrected chi connectivity index (χ3v) is 2.52. The lowest BCUT2D eigenvalue weighted by atomic mass is 10.2. The largest absolute Gasteiger partial charge is 0.496 e. The topological polar surface area (TPSA) is 55.4 Å². The van der Waals surface area contributed by atoms with Gasteiger partial charge in [-0.25, -0.2) is 0 Å². The minimum Gasteiger partial charge on any atom is -0.496 e. The summed E-state index contributed by atoms with van der Waals surface area (Å²) >= 11 is 10.9. The van der Waals surface area contributed by atoms with Crippen LogP contribution in [0.4, 0.5) is 18.9 Å². The Morgan fingerprint density at radius 1 is 1.32 bits per heavy atom. The molecule has 0 radical (unpaired) electrons. The number of amides is 1. The van der Waals surface area contributed by atoms with Gasteiger partial charge in [-0.1, -0.05) is 11.6 Å². The first kappa shape index (κ1) is 15.6. The molecule has 0 atom stereocenters. The number of hydrogen-bond acceptors (Lipinski definition) is 3. The molecule has 0 bridgehead atoms. The fraction of sp³-hybridized carbons (Fsp3) is 0.200. The third kappa shape index (κ3) is 3.74. The number of methoxy groups -OCH3 is 1. The van der Waals surface area contributed by atoms with Crippen molar-refractivity contribution in [2.24, 2.45) is 0 Å². The van der Waals surface area contributed by atoms with Gasteiger partial charge in [0.25, 0.3) is 5.24 Å². The molecule has 0 heterocycles. The highest BCUT2D eigenvalue weighted by molar-refractivity contribution is 6.68. The van der Waals surface area contributed by atoms with E-state index in [4.69, 9.17) is 27.9 Å². The summed E-state index contributed by atoms with van der Waals surface area (Å²) in [5.41, 5.74) is -0.471. The molecule has 1 N–H and O–H groups in total. The second kappa shape index (κ2) is 5.66. The highest BCUT2D eigenvalue weighted by Gasteiger charge is 2.39. The van der Waals surface area contributed by atoms with Gasteiger partial charge >= 0.3 is 12.1 Å². The molecule has 0 aliphatic rings. The first-order valence-electron chi connectivity index (χ1n) is 4.62. The van der Waals surface area contributed by atoms with E-state index in [0.29, 0.717) is 0 Å². The van der Waals surface area contributed by atoms with Crippen LogP contribution in [0.1, 0.15) is 10.4 Å². The zero-order valence-corrected chi connectivity index (χ0v) is 10.8. The molecular weight excluding hydrogens is 310 g/mol. The molecule has 0 aromatic heterocycles. The van der Waals surface area contributed by atoms with Gasteiger partial charge in [-0.15, -0.1) is 0 Å². The van der Waals surface area contributed by atoms with Crippen molar-refractivity contribution in [3.05, 3.63) is 22.7 Å². The average Bonchev–Trinajstić information content (AvgIpc) is 2.29. The van der Waals surface area contributed by atoms with Gasteiger partial charge in [0.1, 0.15) is 5.75 Å². The maximum Gasteiger partial charge on any atom is 0.471 e. The zero-order valence-electron chi connectivity index (χ0n) is 9.27. The van der Waals surface area contributed by atoms with Gasteiger partial charge in [0.15, 0.2) is 0 Å². The minimum absolute atomic E-state index is 0.109. The molecule has 4 nitrogen and oxygen atoms in total.